The molecule has 6 heteroatoms. The number of ether oxygens (including phenoxy) is 1. The molecule has 0 radical (unpaired) electrons. The van der Waals surface area contributed by atoms with Gasteiger partial charge >= 0.3 is 5.97 Å². The molecular formula is C11H9NO5. The van der Waals surface area contributed by atoms with Gasteiger partial charge in [0.15, 0.2) is 0 Å². The van der Waals surface area contributed by atoms with Gasteiger partial charge < -0.3 is 9.15 Å². The number of esters is 1. The molecule has 0 atom stereocenters. The number of nitro groups is 1. The van der Waals surface area contributed by atoms with Crippen molar-refractivity contribution in [3.63, 3.8) is 0 Å². The number of non-ortho nitro benzene ring substituents is 1. The molecule has 1 heterocycles. The number of hydrogen-bond donors (Lipinski definition) is 0. The number of rotatable bonds is 3. The summed E-state index contributed by atoms with van der Waals surface area (Å²) < 4.78 is 9.96. The second kappa shape index (κ2) is 4.25. The van der Waals surface area contributed by atoms with E-state index in [1.54, 1.807) is 6.92 Å². The van der Waals surface area contributed by atoms with Gasteiger partial charge in [-0.2, -0.15) is 0 Å². The minimum atomic E-state index is -0.577. The Labute approximate surface area is 95.9 Å². The molecule has 6 nitrogen and oxygen atoms in total. The van der Waals surface area contributed by atoms with Crippen molar-refractivity contribution in [3.8, 4) is 0 Å². The van der Waals surface area contributed by atoms with Crippen molar-refractivity contribution in [2.45, 2.75) is 6.92 Å². The Morgan fingerprint density at radius 3 is 2.88 bits per heavy atom. The van der Waals surface area contributed by atoms with Gasteiger partial charge in [-0.15, -0.1) is 0 Å². The summed E-state index contributed by atoms with van der Waals surface area (Å²) in [7, 11) is 0. The van der Waals surface area contributed by atoms with Crippen LogP contribution in [0.4, 0.5) is 5.69 Å². The van der Waals surface area contributed by atoms with Gasteiger partial charge in [-0.05, 0) is 19.1 Å². The molecule has 0 aliphatic carbocycles. The zero-order valence-corrected chi connectivity index (χ0v) is 9.00. The van der Waals surface area contributed by atoms with Crippen LogP contribution in [0, 0.1) is 10.1 Å². The van der Waals surface area contributed by atoms with Crippen LogP contribution < -0.4 is 0 Å². The van der Waals surface area contributed by atoms with Crippen LogP contribution >= 0.6 is 0 Å². The topological polar surface area (TPSA) is 82.6 Å². The average Bonchev–Trinajstić information content (AvgIpc) is 2.71. The lowest BCUT2D eigenvalue weighted by Gasteiger charge is -1.95. The van der Waals surface area contributed by atoms with Crippen LogP contribution in [0.1, 0.15) is 17.5 Å². The van der Waals surface area contributed by atoms with Crippen LogP contribution in [0.15, 0.2) is 28.7 Å². The molecular weight excluding hydrogens is 226 g/mol. The molecule has 0 unspecified atom stereocenters. The standard InChI is InChI=1S/C11H9NO5/c1-2-16-11(13)10-5-7-3-4-8(12(14)15)6-9(7)17-10/h3-6H,2H2,1H3. The minimum absolute atomic E-state index is 0.0438. The van der Waals surface area contributed by atoms with E-state index in [2.05, 4.69) is 0 Å². The summed E-state index contributed by atoms with van der Waals surface area (Å²) in [6.07, 6.45) is 0. The van der Waals surface area contributed by atoms with Gasteiger partial charge in [0.25, 0.3) is 5.69 Å². The Morgan fingerprint density at radius 1 is 1.47 bits per heavy atom. The molecule has 0 aliphatic heterocycles. The van der Waals surface area contributed by atoms with E-state index in [-0.39, 0.29) is 18.1 Å². The molecule has 0 amide bonds. The van der Waals surface area contributed by atoms with Crippen molar-refractivity contribution < 1.29 is 18.9 Å². The van der Waals surface area contributed by atoms with Gasteiger partial charge in [-0.1, -0.05) is 0 Å². The van der Waals surface area contributed by atoms with Crippen molar-refractivity contribution >= 4 is 22.6 Å². The Kier molecular flexibility index (Phi) is 2.78. The molecule has 1 aromatic carbocycles. The molecule has 2 aromatic rings. The summed E-state index contributed by atoms with van der Waals surface area (Å²) in [5, 5.41) is 11.2. The summed E-state index contributed by atoms with van der Waals surface area (Å²) >= 11 is 0. The fourth-order valence-corrected chi connectivity index (χ4v) is 1.44. The first-order valence-corrected chi connectivity index (χ1v) is 4.97. The monoisotopic (exact) mass is 235 g/mol. The van der Waals surface area contributed by atoms with E-state index in [1.165, 1.54) is 24.3 Å². The SMILES string of the molecule is CCOC(=O)c1cc2ccc([N+](=O)[O-])cc2o1. The van der Waals surface area contributed by atoms with Crippen LogP contribution in [0.2, 0.25) is 0 Å². The van der Waals surface area contributed by atoms with E-state index in [0.29, 0.717) is 11.0 Å². The molecule has 2 rings (SSSR count). The summed E-state index contributed by atoms with van der Waals surface area (Å²) in [5.74, 6) is -0.534. The van der Waals surface area contributed by atoms with Gasteiger partial charge in [-0.3, -0.25) is 10.1 Å². The van der Waals surface area contributed by atoms with Crippen molar-refractivity contribution in [1.29, 1.82) is 0 Å². The lowest BCUT2D eigenvalue weighted by molar-refractivity contribution is -0.384. The van der Waals surface area contributed by atoms with E-state index in [0.717, 1.165) is 0 Å². The lowest BCUT2D eigenvalue weighted by Crippen LogP contribution is -2.02. The molecule has 0 fully saturated rings. The molecule has 17 heavy (non-hydrogen) atoms. The number of hydrogen-bond acceptors (Lipinski definition) is 5. The van der Waals surface area contributed by atoms with Crippen LogP contribution in [0.3, 0.4) is 0 Å². The first-order chi connectivity index (χ1) is 8.11. The summed E-state index contributed by atoms with van der Waals surface area (Å²) in [6.45, 7) is 1.93. The second-order valence-electron chi connectivity index (χ2n) is 3.31. The summed E-state index contributed by atoms with van der Waals surface area (Å²) in [4.78, 5) is 21.4. The number of benzene rings is 1. The third-order valence-corrected chi connectivity index (χ3v) is 2.19. The van der Waals surface area contributed by atoms with Crippen LogP contribution in [-0.2, 0) is 4.74 Å². The zero-order valence-electron chi connectivity index (χ0n) is 9.00. The summed E-state index contributed by atoms with van der Waals surface area (Å²) in [6, 6.07) is 5.65. The number of carbonyl (C=O) groups is 1. The third-order valence-electron chi connectivity index (χ3n) is 2.19. The second-order valence-corrected chi connectivity index (χ2v) is 3.31. The quantitative estimate of drug-likeness (QED) is 0.463. The van der Waals surface area contributed by atoms with Gasteiger partial charge in [0.2, 0.25) is 5.76 Å². The highest BCUT2D eigenvalue weighted by Gasteiger charge is 2.15. The Morgan fingerprint density at radius 2 is 2.24 bits per heavy atom. The third kappa shape index (κ3) is 2.10. The molecule has 0 saturated carbocycles. The summed E-state index contributed by atoms with van der Waals surface area (Å²) in [5.41, 5.74) is 0.213. The molecule has 88 valence electrons. The Balaban J connectivity index is 2.43. The van der Waals surface area contributed by atoms with Crippen molar-refractivity contribution in [2.75, 3.05) is 6.61 Å². The van der Waals surface area contributed by atoms with Crippen LogP contribution in [0.25, 0.3) is 11.0 Å². The normalized spacial score (nSPS) is 10.4. The maximum atomic E-state index is 11.4. The number of fused-ring (bicyclic) bond motifs is 1. The predicted octanol–water partition coefficient (Wildman–Crippen LogP) is 2.52. The largest absolute Gasteiger partial charge is 0.460 e. The average molecular weight is 235 g/mol. The van der Waals surface area contributed by atoms with Crippen molar-refractivity contribution in [3.05, 3.63) is 40.1 Å². The number of carbonyl (C=O) groups excluding carboxylic acids is 1. The Hall–Kier alpha value is -2.37. The van der Waals surface area contributed by atoms with E-state index in [1.807, 2.05) is 0 Å². The highest BCUT2D eigenvalue weighted by atomic mass is 16.6. The van der Waals surface area contributed by atoms with Gasteiger partial charge in [0.1, 0.15) is 5.58 Å². The first-order valence-electron chi connectivity index (χ1n) is 4.97. The smallest absolute Gasteiger partial charge is 0.374 e. The Bertz CT molecular complexity index is 587. The highest BCUT2D eigenvalue weighted by Crippen LogP contribution is 2.24. The molecule has 0 saturated heterocycles. The number of furan rings is 1. The highest BCUT2D eigenvalue weighted by molar-refractivity contribution is 5.93. The predicted molar refractivity (Wildman–Crippen MR) is 58.8 cm³/mol. The first kappa shape index (κ1) is 11.1. The fourth-order valence-electron chi connectivity index (χ4n) is 1.44. The molecule has 1 aromatic heterocycles. The zero-order chi connectivity index (χ0) is 12.4. The van der Waals surface area contributed by atoms with E-state index < -0.39 is 10.9 Å². The molecule has 0 bridgehead atoms. The van der Waals surface area contributed by atoms with Crippen molar-refractivity contribution in [1.82, 2.24) is 0 Å². The maximum Gasteiger partial charge on any atom is 0.374 e. The fraction of sp³-hybridized carbons (Fsp3) is 0.182. The molecule has 0 N–H and O–H groups in total. The number of nitrogens with zero attached hydrogens (tertiary/aromatic N) is 1. The molecule has 0 aliphatic rings. The van der Waals surface area contributed by atoms with Gasteiger partial charge in [0, 0.05) is 11.5 Å². The van der Waals surface area contributed by atoms with Crippen LogP contribution in [-0.4, -0.2) is 17.5 Å². The lowest BCUT2D eigenvalue weighted by atomic mass is 10.2. The van der Waals surface area contributed by atoms with E-state index in [9.17, 15) is 14.9 Å². The number of nitro benzene ring substituents is 1. The van der Waals surface area contributed by atoms with Crippen molar-refractivity contribution in [2.24, 2.45) is 0 Å². The maximum absolute atomic E-state index is 11.4. The van der Waals surface area contributed by atoms with E-state index >= 15 is 0 Å². The van der Waals surface area contributed by atoms with Gasteiger partial charge in [0.05, 0.1) is 17.6 Å². The molecule has 0 spiro atoms. The van der Waals surface area contributed by atoms with Gasteiger partial charge in [-0.25, -0.2) is 4.79 Å². The van der Waals surface area contributed by atoms with E-state index in [4.69, 9.17) is 9.15 Å². The minimum Gasteiger partial charge on any atom is -0.460 e. The van der Waals surface area contributed by atoms with Crippen LogP contribution in [0.5, 0.6) is 0 Å².